The Hall–Kier alpha value is -3.49. The summed E-state index contributed by atoms with van der Waals surface area (Å²) in [6.07, 6.45) is 8.62. The molecule has 3 heterocycles. The first-order chi connectivity index (χ1) is 13.7. The van der Waals surface area contributed by atoms with E-state index in [2.05, 4.69) is 35.7 Å². The van der Waals surface area contributed by atoms with Crippen LogP contribution in [0.15, 0.2) is 49.3 Å². The van der Waals surface area contributed by atoms with Crippen LogP contribution in [-0.4, -0.2) is 49.9 Å². The smallest absolute Gasteiger partial charge is 0.319 e. The molecule has 2 amide bonds. The first-order valence-electron chi connectivity index (χ1n) is 9.24. The van der Waals surface area contributed by atoms with Gasteiger partial charge >= 0.3 is 6.03 Å². The topological polar surface area (TPSA) is 101 Å². The van der Waals surface area contributed by atoms with Gasteiger partial charge in [-0.15, -0.1) is 10.2 Å². The Labute approximate surface area is 162 Å². The van der Waals surface area contributed by atoms with Crippen LogP contribution in [0.1, 0.15) is 18.4 Å². The van der Waals surface area contributed by atoms with E-state index in [1.807, 2.05) is 25.1 Å². The van der Waals surface area contributed by atoms with Crippen LogP contribution in [0, 0.1) is 6.92 Å². The van der Waals surface area contributed by atoms with Crippen molar-refractivity contribution in [3.8, 4) is 5.69 Å². The van der Waals surface area contributed by atoms with E-state index in [0.29, 0.717) is 12.5 Å². The largest absolute Gasteiger partial charge is 0.339 e. The molecule has 4 rings (SSSR count). The number of piperidine rings is 1. The summed E-state index contributed by atoms with van der Waals surface area (Å²) < 4.78 is 1.79. The van der Waals surface area contributed by atoms with E-state index in [-0.39, 0.29) is 12.1 Å². The number of hydrogen-bond acceptors (Lipinski definition) is 6. The van der Waals surface area contributed by atoms with Gasteiger partial charge in [0.05, 0.1) is 5.69 Å². The van der Waals surface area contributed by atoms with Crippen molar-refractivity contribution in [1.29, 1.82) is 0 Å². The van der Waals surface area contributed by atoms with Crippen molar-refractivity contribution in [3.05, 3.63) is 54.9 Å². The lowest BCUT2D eigenvalue weighted by molar-refractivity contribution is 0.246. The zero-order valence-corrected chi connectivity index (χ0v) is 15.6. The zero-order chi connectivity index (χ0) is 19.3. The van der Waals surface area contributed by atoms with E-state index < -0.39 is 0 Å². The van der Waals surface area contributed by atoms with Crippen molar-refractivity contribution in [1.82, 2.24) is 30.0 Å². The summed E-state index contributed by atoms with van der Waals surface area (Å²) in [7, 11) is 0. The molecule has 1 aliphatic rings. The van der Waals surface area contributed by atoms with Crippen LogP contribution in [0.5, 0.6) is 0 Å². The number of carbonyl (C=O) groups excluding carboxylic acids is 1. The Bertz CT molecular complexity index is 928. The van der Waals surface area contributed by atoms with Crippen molar-refractivity contribution < 1.29 is 4.79 Å². The van der Waals surface area contributed by atoms with E-state index in [9.17, 15) is 4.79 Å². The fourth-order valence-electron chi connectivity index (χ4n) is 3.31. The molecule has 28 heavy (non-hydrogen) atoms. The molecule has 0 saturated carbocycles. The van der Waals surface area contributed by atoms with Gasteiger partial charge in [-0.05, 0) is 43.5 Å². The van der Waals surface area contributed by atoms with Crippen molar-refractivity contribution in [2.45, 2.75) is 25.8 Å². The lowest BCUT2D eigenvalue weighted by atomic mass is 10.1. The number of carbonyl (C=O) groups is 1. The number of benzene rings is 1. The predicted molar refractivity (Wildman–Crippen MR) is 106 cm³/mol. The molecule has 0 radical (unpaired) electrons. The highest BCUT2D eigenvalue weighted by Gasteiger charge is 2.23. The van der Waals surface area contributed by atoms with Gasteiger partial charge in [-0.2, -0.15) is 0 Å². The van der Waals surface area contributed by atoms with E-state index in [0.717, 1.165) is 36.3 Å². The quantitative estimate of drug-likeness (QED) is 0.721. The number of aromatic nitrogens is 5. The number of anilines is 2. The summed E-state index contributed by atoms with van der Waals surface area (Å²) in [6.45, 7) is 3.54. The number of aryl methyl sites for hydroxylation is 1. The molecule has 3 aromatic rings. The Morgan fingerprint density at radius 1 is 1.18 bits per heavy atom. The second kappa shape index (κ2) is 8.03. The predicted octanol–water partition coefficient (Wildman–Crippen LogP) is 2.16. The molecule has 144 valence electrons. The maximum absolute atomic E-state index is 12.6. The third-order valence-corrected chi connectivity index (χ3v) is 4.78. The van der Waals surface area contributed by atoms with Crippen molar-refractivity contribution >= 4 is 17.7 Å². The number of amides is 2. The molecule has 1 aliphatic heterocycles. The summed E-state index contributed by atoms with van der Waals surface area (Å²) in [4.78, 5) is 23.3. The number of urea groups is 1. The van der Waals surface area contributed by atoms with Crippen molar-refractivity contribution in [3.63, 3.8) is 0 Å². The van der Waals surface area contributed by atoms with Gasteiger partial charge in [-0.3, -0.25) is 4.57 Å². The number of nitrogens with one attached hydrogen (secondary N) is 2. The third-order valence-electron chi connectivity index (χ3n) is 4.78. The average molecular weight is 378 g/mol. The molecule has 9 nitrogen and oxygen atoms in total. The summed E-state index contributed by atoms with van der Waals surface area (Å²) >= 11 is 0. The van der Waals surface area contributed by atoms with Crippen LogP contribution in [0.25, 0.3) is 5.69 Å². The molecule has 0 aliphatic carbocycles. The van der Waals surface area contributed by atoms with E-state index in [4.69, 9.17) is 0 Å². The van der Waals surface area contributed by atoms with Crippen LogP contribution in [0.2, 0.25) is 0 Å². The molecular formula is C19H22N8O. The monoisotopic (exact) mass is 378 g/mol. The summed E-state index contributed by atoms with van der Waals surface area (Å²) in [5, 5.41) is 13.7. The van der Waals surface area contributed by atoms with Gasteiger partial charge in [0, 0.05) is 37.2 Å². The minimum absolute atomic E-state index is 0.0406. The van der Waals surface area contributed by atoms with Crippen LogP contribution in [0.4, 0.5) is 16.4 Å². The highest BCUT2D eigenvalue weighted by atomic mass is 16.2. The molecule has 2 N–H and O–H groups in total. The highest BCUT2D eigenvalue weighted by Crippen LogP contribution is 2.20. The minimum Gasteiger partial charge on any atom is -0.339 e. The Balaban J connectivity index is 1.40. The SMILES string of the molecule is Cc1ccc(-n2cnnc2)cc1NC(=O)N[C@H]1CCCN(c2ncccn2)C1. The molecule has 0 spiro atoms. The van der Waals surface area contributed by atoms with Crippen molar-refractivity contribution in [2.24, 2.45) is 0 Å². The zero-order valence-electron chi connectivity index (χ0n) is 15.6. The minimum atomic E-state index is -0.218. The van der Waals surface area contributed by atoms with Gasteiger partial charge in [0.1, 0.15) is 12.7 Å². The lowest BCUT2D eigenvalue weighted by Gasteiger charge is -2.33. The molecule has 1 fully saturated rings. The van der Waals surface area contributed by atoms with Crippen LogP contribution in [-0.2, 0) is 0 Å². The number of rotatable bonds is 4. The highest BCUT2D eigenvalue weighted by molar-refractivity contribution is 5.90. The van der Waals surface area contributed by atoms with E-state index >= 15 is 0 Å². The molecule has 2 aromatic heterocycles. The first kappa shape index (κ1) is 17.9. The van der Waals surface area contributed by atoms with Gasteiger partial charge in [0.25, 0.3) is 0 Å². The van der Waals surface area contributed by atoms with Gasteiger partial charge in [0.15, 0.2) is 0 Å². The van der Waals surface area contributed by atoms with Crippen LogP contribution < -0.4 is 15.5 Å². The van der Waals surface area contributed by atoms with Gasteiger partial charge < -0.3 is 15.5 Å². The Morgan fingerprint density at radius 3 is 2.75 bits per heavy atom. The molecule has 1 aromatic carbocycles. The van der Waals surface area contributed by atoms with Crippen LogP contribution in [0.3, 0.4) is 0 Å². The summed E-state index contributed by atoms with van der Waals surface area (Å²) in [6, 6.07) is 7.44. The molecule has 0 bridgehead atoms. The second-order valence-electron chi connectivity index (χ2n) is 6.80. The van der Waals surface area contributed by atoms with E-state index in [1.54, 1.807) is 35.7 Å². The average Bonchev–Trinajstić information content (AvgIpc) is 3.25. The fraction of sp³-hybridized carbons (Fsp3) is 0.316. The third kappa shape index (κ3) is 4.08. The van der Waals surface area contributed by atoms with Crippen LogP contribution >= 0.6 is 0 Å². The Kier molecular flexibility index (Phi) is 5.14. The fourth-order valence-corrected chi connectivity index (χ4v) is 3.31. The molecule has 9 heteroatoms. The normalized spacial score (nSPS) is 16.6. The standard InChI is InChI=1S/C19H22N8O/c1-14-5-6-16(27-12-22-23-13-27)10-17(14)25-19(28)24-15-4-2-9-26(11-15)18-20-7-3-8-21-18/h3,5-8,10,12-13,15H,2,4,9,11H2,1H3,(H2,24,25,28)/t15-/m0/s1. The van der Waals surface area contributed by atoms with Gasteiger partial charge in [-0.1, -0.05) is 6.07 Å². The number of hydrogen-bond donors (Lipinski definition) is 2. The molecule has 1 atom stereocenters. The van der Waals surface area contributed by atoms with Gasteiger partial charge in [0.2, 0.25) is 5.95 Å². The molecule has 1 saturated heterocycles. The maximum atomic E-state index is 12.6. The Morgan fingerprint density at radius 2 is 1.96 bits per heavy atom. The maximum Gasteiger partial charge on any atom is 0.319 e. The summed E-state index contributed by atoms with van der Waals surface area (Å²) in [5.41, 5.74) is 2.62. The molecule has 0 unspecified atom stereocenters. The molecular weight excluding hydrogens is 356 g/mol. The summed E-state index contributed by atoms with van der Waals surface area (Å²) in [5.74, 6) is 0.701. The lowest BCUT2D eigenvalue weighted by Crippen LogP contribution is -2.49. The second-order valence-corrected chi connectivity index (χ2v) is 6.80. The van der Waals surface area contributed by atoms with Crippen molar-refractivity contribution in [2.75, 3.05) is 23.3 Å². The van der Waals surface area contributed by atoms with E-state index in [1.165, 1.54) is 0 Å². The first-order valence-corrected chi connectivity index (χ1v) is 9.24. The van der Waals surface area contributed by atoms with Gasteiger partial charge in [-0.25, -0.2) is 14.8 Å². The number of nitrogens with zero attached hydrogens (tertiary/aromatic N) is 6.